The smallest absolute Gasteiger partial charge is 0.257 e. The summed E-state index contributed by atoms with van der Waals surface area (Å²) in [6.07, 6.45) is 2.26. The van der Waals surface area contributed by atoms with Crippen LogP contribution in [0.5, 0.6) is 5.75 Å². The van der Waals surface area contributed by atoms with Gasteiger partial charge in [-0.25, -0.2) is 0 Å². The van der Waals surface area contributed by atoms with Crippen molar-refractivity contribution in [2.75, 3.05) is 19.6 Å². The number of aryl methyl sites for hydroxylation is 1. The summed E-state index contributed by atoms with van der Waals surface area (Å²) in [5, 5.41) is 10.1. The normalized spacial score (nSPS) is 17.3. The summed E-state index contributed by atoms with van der Waals surface area (Å²) in [5.41, 5.74) is 3.83. The fourth-order valence-electron chi connectivity index (χ4n) is 4.26. The Hall–Kier alpha value is -2.82. The number of hydrogen-bond donors (Lipinski definition) is 1. The topological polar surface area (TPSA) is 60.9 Å². The van der Waals surface area contributed by atoms with Crippen molar-refractivity contribution in [1.29, 1.82) is 0 Å². The fourth-order valence-corrected chi connectivity index (χ4v) is 4.26. The molecule has 0 radical (unpaired) electrons. The van der Waals surface area contributed by atoms with Crippen molar-refractivity contribution in [3.63, 3.8) is 0 Å². The van der Waals surface area contributed by atoms with Crippen LogP contribution in [0, 0.1) is 12.8 Å². The van der Waals surface area contributed by atoms with Gasteiger partial charge in [-0.15, -0.1) is 0 Å². The number of piperidine rings is 1. The van der Waals surface area contributed by atoms with Crippen LogP contribution < -0.4 is 0 Å². The number of amides is 2. The predicted octanol–water partition coefficient (Wildman–Crippen LogP) is 3.14. The Morgan fingerprint density at radius 1 is 0.964 bits per heavy atom. The molecule has 2 amide bonds. The minimum absolute atomic E-state index is 0.0233. The van der Waals surface area contributed by atoms with Crippen LogP contribution >= 0.6 is 0 Å². The summed E-state index contributed by atoms with van der Waals surface area (Å²) in [7, 11) is 0. The molecule has 1 saturated heterocycles. The molecular formula is C23H26N2O3. The van der Waals surface area contributed by atoms with Gasteiger partial charge in [-0.1, -0.05) is 30.3 Å². The Morgan fingerprint density at radius 3 is 2.39 bits per heavy atom. The third kappa shape index (κ3) is 3.61. The van der Waals surface area contributed by atoms with E-state index in [0.717, 1.165) is 18.5 Å². The summed E-state index contributed by atoms with van der Waals surface area (Å²) in [4.78, 5) is 29.4. The van der Waals surface area contributed by atoms with E-state index < -0.39 is 0 Å². The van der Waals surface area contributed by atoms with Crippen LogP contribution in [0.4, 0.5) is 0 Å². The quantitative estimate of drug-likeness (QED) is 0.873. The minimum atomic E-state index is -0.157. The second-order valence-corrected chi connectivity index (χ2v) is 7.87. The standard InChI is InChI=1S/C23H26N2O3/c1-16-6-7-20(21(26)14-16)23(28)24-11-9-18(10-12-24)22(27)25-13-8-17-4-2-3-5-19(17)15-25/h2-7,14,18,26H,8-13,15H2,1H3. The van der Waals surface area contributed by atoms with Gasteiger partial charge in [0.25, 0.3) is 5.91 Å². The molecule has 2 aromatic rings. The number of carbonyl (C=O) groups excluding carboxylic acids is 2. The highest BCUT2D eigenvalue weighted by molar-refractivity contribution is 5.97. The van der Waals surface area contributed by atoms with E-state index in [4.69, 9.17) is 0 Å². The average molecular weight is 378 g/mol. The predicted molar refractivity (Wildman–Crippen MR) is 107 cm³/mol. The monoisotopic (exact) mass is 378 g/mol. The Labute approximate surface area is 165 Å². The number of benzene rings is 2. The van der Waals surface area contributed by atoms with E-state index in [1.54, 1.807) is 17.0 Å². The average Bonchev–Trinajstić information content (AvgIpc) is 2.72. The molecule has 1 N–H and O–H groups in total. The number of aromatic hydroxyl groups is 1. The third-order valence-corrected chi connectivity index (χ3v) is 5.96. The number of phenols is 1. The molecule has 0 bridgehead atoms. The van der Waals surface area contributed by atoms with Gasteiger partial charge >= 0.3 is 0 Å². The molecule has 5 heteroatoms. The van der Waals surface area contributed by atoms with Crippen molar-refractivity contribution in [2.24, 2.45) is 5.92 Å². The lowest BCUT2D eigenvalue weighted by molar-refractivity contribution is -0.137. The zero-order chi connectivity index (χ0) is 19.7. The first-order chi connectivity index (χ1) is 13.5. The summed E-state index contributed by atoms with van der Waals surface area (Å²) in [5.74, 6) is 0.0474. The molecular weight excluding hydrogens is 352 g/mol. The second kappa shape index (κ2) is 7.66. The van der Waals surface area contributed by atoms with Crippen LogP contribution in [-0.4, -0.2) is 46.4 Å². The van der Waals surface area contributed by atoms with Gasteiger partial charge in [0.05, 0.1) is 5.56 Å². The summed E-state index contributed by atoms with van der Waals surface area (Å²) in [6.45, 7) is 4.43. The fraction of sp³-hybridized carbons (Fsp3) is 0.391. The lowest BCUT2D eigenvalue weighted by Gasteiger charge is -2.36. The number of fused-ring (bicyclic) bond motifs is 1. The maximum Gasteiger partial charge on any atom is 0.257 e. The van der Waals surface area contributed by atoms with E-state index >= 15 is 0 Å². The van der Waals surface area contributed by atoms with Crippen molar-refractivity contribution >= 4 is 11.8 Å². The van der Waals surface area contributed by atoms with Crippen molar-refractivity contribution in [3.05, 3.63) is 64.7 Å². The van der Waals surface area contributed by atoms with E-state index in [9.17, 15) is 14.7 Å². The van der Waals surface area contributed by atoms with Crippen LogP contribution in [0.1, 0.15) is 39.9 Å². The highest BCUT2D eigenvalue weighted by atomic mass is 16.3. The Bertz CT molecular complexity index is 900. The van der Waals surface area contributed by atoms with Gasteiger partial charge in [-0.05, 0) is 55.0 Å². The first-order valence-electron chi connectivity index (χ1n) is 9.97. The summed E-state index contributed by atoms with van der Waals surface area (Å²) < 4.78 is 0. The van der Waals surface area contributed by atoms with Gasteiger partial charge in [0.15, 0.2) is 0 Å². The molecule has 2 heterocycles. The zero-order valence-corrected chi connectivity index (χ0v) is 16.2. The molecule has 0 atom stereocenters. The molecule has 2 aliphatic heterocycles. The van der Waals surface area contributed by atoms with Gasteiger partial charge in [0, 0.05) is 32.1 Å². The molecule has 0 spiro atoms. The van der Waals surface area contributed by atoms with E-state index in [1.807, 2.05) is 24.0 Å². The van der Waals surface area contributed by atoms with E-state index in [-0.39, 0.29) is 23.5 Å². The number of phenolic OH excluding ortho intramolecular Hbond substituents is 1. The van der Waals surface area contributed by atoms with Crippen molar-refractivity contribution in [2.45, 2.75) is 32.7 Å². The first-order valence-corrected chi connectivity index (χ1v) is 9.97. The highest BCUT2D eigenvalue weighted by Crippen LogP contribution is 2.27. The number of rotatable bonds is 2. The molecule has 2 aliphatic rings. The second-order valence-electron chi connectivity index (χ2n) is 7.87. The first kappa shape index (κ1) is 18.5. The van der Waals surface area contributed by atoms with Crippen LogP contribution in [-0.2, 0) is 17.8 Å². The molecule has 0 unspecified atom stereocenters. The maximum atomic E-state index is 13.0. The lowest BCUT2D eigenvalue weighted by Crippen LogP contribution is -2.45. The van der Waals surface area contributed by atoms with E-state index in [1.165, 1.54) is 11.1 Å². The minimum Gasteiger partial charge on any atom is -0.507 e. The van der Waals surface area contributed by atoms with E-state index in [0.29, 0.717) is 38.0 Å². The highest BCUT2D eigenvalue weighted by Gasteiger charge is 2.32. The Balaban J connectivity index is 1.36. The van der Waals surface area contributed by atoms with Crippen LogP contribution in [0.3, 0.4) is 0 Å². The number of carbonyl (C=O) groups is 2. The van der Waals surface area contributed by atoms with Gasteiger partial charge in [-0.2, -0.15) is 0 Å². The van der Waals surface area contributed by atoms with Gasteiger partial charge < -0.3 is 14.9 Å². The Morgan fingerprint density at radius 2 is 1.68 bits per heavy atom. The third-order valence-electron chi connectivity index (χ3n) is 5.96. The molecule has 0 aliphatic carbocycles. The molecule has 28 heavy (non-hydrogen) atoms. The number of nitrogens with zero attached hydrogens (tertiary/aromatic N) is 2. The van der Waals surface area contributed by atoms with Crippen LogP contribution in [0.15, 0.2) is 42.5 Å². The maximum absolute atomic E-state index is 13.0. The Kier molecular flexibility index (Phi) is 5.07. The molecule has 1 fully saturated rings. The largest absolute Gasteiger partial charge is 0.507 e. The van der Waals surface area contributed by atoms with E-state index in [2.05, 4.69) is 18.2 Å². The number of likely N-dealkylation sites (tertiary alicyclic amines) is 1. The molecule has 5 nitrogen and oxygen atoms in total. The lowest BCUT2D eigenvalue weighted by atomic mass is 9.92. The van der Waals surface area contributed by atoms with Gasteiger partial charge in [0.1, 0.15) is 5.75 Å². The van der Waals surface area contributed by atoms with Gasteiger partial charge in [-0.3, -0.25) is 9.59 Å². The van der Waals surface area contributed by atoms with Crippen molar-refractivity contribution in [1.82, 2.24) is 9.80 Å². The van der Waals surface area contributed by atoms with Gasteiger partial charge in [0.2, 0.25) is 5.91 Å². The number of hydrogen-bond acceptors (Lipinski definition) is 3. The van der Waals surface area contributed by atoms with Crippen molar-refractivity contribution < 1.29 is 14.7 Å². The molecule has 4 rings (SSSR count). The SMILES string of the molecule is Cc1ccc(C(=O)N2CCC(C(=O)N3CCc4ccccc4C3)CC2)c(O)c1. The molecule has 146 valence electrons. The summed E-state index contributed by atoms with van der Waals surface area (Å²) in [6, 6.07) is 13.4. The van der Waals surface area contributed by atoms with Crippen molar-refractivity contribution in [3.8, 4) is 5.75 Å². The zero-order valence-electron chi connectivity index (χ0n) is 16.2. The molecule has 0 aromatic heterocycles. The summed E-state index contributed by atoms with van der Waals surface area (Å²) >= 11 is 0. The molecule has 2 aromatic carbocycles. The van der Waals surface area contributed by atoms with Crippen LogP contribution in [0.2, 0.25) is 0 Å². The molecule has 0 saturated carbocycles. The van der Waals surface area contributed by atoms with Crippen LogP contribution in [0.25, 0.3) is 0 Å².